The van der Waals surface area contributed by atoms with Crippen LogP contribution in [0.3, 0.4) is 0 Å². The Bertz CT molecular complexity index is 1400. The molecule has 2 aliphatic carbocycles. The van der Waals surface area contributed by atoms with Crippen LogP contribution in [-0.2, 0) is 14.9 Å². The Morgan fingerprint density at radius 2 is 1.70 bits per heavy atom. The number of aromatic nitrogens is 1. The van der Waals surface area contributed by atoms with E-state index in [1.54, 1.807) is 23.1 Å². The maximum Gasteiger partial charge on any atom is 0.410 e. The topological polar surface area (TPSA) is 75.1 Å². The zero-order valence-corrected chi connectivity index (χ0v) is 24.5. The lowest BCUT2D eigenvalue weighted by Gasteiger charge is -2.47. The van der Waals surface area contributed by atoms with Crippen molar-refractivity contribution >= 4 is 29.4 Å². The van der Waals surface area contributed by atoms with Gasteiger partial charge >= 0.3 is 6.09 Å². The fourth-order valence-electron chi connectivity index (χ4n) is 6.53. The first-order valence-corrected chi connectivity index (χ1v) is 14.6. The molecule has 7 nitrogen and oxygen atoms in total. The van der Waals surface area contributed by atoms with Crippen molar-refractivity contribution in [1.29, 1.82) is 0 Å². The summed E-state index contributed by atoms with van der Waals surface area (Å²) < 4.78 is 20.6. The maximum atomic E-state index is 14.9. The Balaban J connectivity index is 1.44. The van der Waals surface area contributed by atoms with Crippen LogP contribution in [0.15, 0.2) is 35.3 Å². The number of aliphatic imine (C=N–C) groups is 1. The van der Waals surface area contributed by atoms with E-state index in [1.807, 2.05) is 40.7 Å². The summed E-state index contributed by atoms with van der Waals surface area (Å²) in [5, 5.41) is 0.319. The molecule has 0 N–H and O–H groups in total. The Hall–Kier alpha value is -3.00. The zero-order chi connectivity index (χ0) is 28.6. The van der Waals surface area contributed by atoms with Crippen LogP contribution in [0.5, 0.6) is 0 Å². The van der Waals surface area contributed by atoms with Crippen LogP contribution in [-0.4, -0.2) is 63.4 Å². The van der Waals surface area contributed by atoms with Gasteiger partial charge in [-0.25, -0.2) is 14.2 Å². The average Bonchev–Trinajstić information content (AvgIpc) is 3.78. The van der Waals surface area contributed by atoms with E-state index >= 15 is 0 Å². The number of pyridine rings is 1. The molecular formula is C31H36ClFN4O3. The highest BCUT2D eigenvalue weighted by atomic mass is 35.5. The molecule has 0 unspecified atom stereocenters. The van der Waals surface area contributed by atoms with Gasteiger partial charge in [0.2, 0.25) is 0 Å². The summed E-state index contributed by atoms with van der Waals surface area (Å²) in [5.74, 6) is 0.341. The van der Waals surface area contributed by atoms with Crippen molar-refractivity contribution in [1.82, 2.24) is 14.8 Å². The molecular weight excluding hydrogens is 531 g/mol. The van der Waals surface area contributed by atoms with Gasteiger partial charge in [0.05, 0.1) is 21.8 Å². The SMILES string of the molecule is C[C@@H]1CN(C2=NC(=O)C(C3CC3)(C3CC3)c3nc(-c4ccccc4F)c(Cl)cc32)[C@@H](C)CN1C(=O)OC(C)(C)C. The molecule has 0 spiro atoms. The molecule has 1 aromatic carbocycles. The lowest BCUT2D eigenvalue weighted by Crippen LogP contribution is -2.61. The van der Waals surface area contributed by atoms with Crippen molar-refractivity contribution in [3.63, 3.8) is 0 Å². The van der Waals surface area contributed by atoms with Gasteiger partial charge in [0.1, 0.15) is 17.3 Å². The number of ether oxygens (including phenoxy) is 1. The number of carbonyl (C=O) groups is 2. The normalized spacial score (nSPS) is 24.5. The number of amidine groups is 1. The molecule has 40 heavy (non-hydrogen) atoms. The van der Waals surface area contributed by atoms with Crippen molar-refractivity contribution in [2.24, 2.45) is 16.8 Å². The van der Waals surface area contributed by atoms with Gasteiger partial charge in [-0.2, -0.15) is 4.99 Å². The minimum atomic E-state index is -0.795. The molecule has 1 saturated heterocycles. The van der Waals surface area contributed by atoms with E-state index in [4.69, 9.17) is 26.3 Å². The number of rotatable bonds is 3. The second kappa shape index (κ2) is 9.54. The lowest BCUT2D eigenvalue weighted by atomic mass is 9.70. The molecule has 0 radical (unpaired) electrons. The molecule has 3 heterocycles. The van der Waals surface area contributed by atoms with Gasteiger partial charge in [0.25, 0.3) is 5.91 Å². The highest BCUT2D eigenvalue weighted by Gasteiger charge is 2.63. The van der Waals surface area contributed by atoms with E-state index in [0.717, 1.165) is 31.2 Å². The first-order chi connectivity index (χ1) is 18.9. The monoisotopic (exact) mass is 566 g/mol. The van der Waals surface area contributed by atoms with Crippen LogP contribution in [0, 0.1) is 17.7 Å². The van der Waals surface area contributed by atoms with Crippen LogP contribution in [0.1, 0.15) is 71.6 Å². The molecule has 3 fully saturated rings. The van der Waals surface area contributed by atoms with Crippen LogP contribution in [0.25, 0.3) is 11.3 Å². The number of benzene rings is 1. The quantitative estimate of drug-likeness (QED) is 0.441. The molecule has 0 bridgehead atoms. The maximum absolute atomic E-state index is 14.9. The van der Waals surface area contributed by atoms with Crippen molar-refractivity contribution < 1.29 is 18.7 Å². The van der Waals surface area contributed by atoms with Crippen LogP contribution < -0.4 is 0 Å². The van der Waals surface area contributed by atoms with Gasteiger partial charge in [-0.05, 0) is 90.3 Å². The second-order valence-corrected chi connectivity index (χ2v) is 13.2. The molecule has 2 aromatic rings. The number of hydrogen-bond donors (Lipinski definition) is 0. The summed E-state index contributed by atoms with van der Waals surface area (Å²) in [7, 11) is 0. The van der Waals surface area contributed by atoms with Crippen LogP contribution in [0.2, 0.25) is 5.02 Å². The summed E-state index contributed by atoms with van der Waals surface area (Å²) in [4.78, 5) is 40.8. The van der Waals surface area contributed by atoms with Crippen LogP contribution >= 0.6 is 11.6 Å². The smallest absolute Gasteiger partial charge is 0.410 e. The summed E-state index contributed by atoms with van der Waals surface area (Å²) in [6.07, 6.45) is 3.46. The number of hydrogen-bond acceptors (Lipinski definition) is 5. The zero-order valence-electron chi connectivity index (χ0n) is 23.7. The van der Waals surface area contributed by atoms with E-state index in [0.29, 0.717) is 40.9 Å². The van der Waals surface area contributed by atoms with Gasteiger partial charge in [-0.1, -0.05) is 23.7 Å². The Morgan fingerprint density at radius 1 is 1.05 bits per heavy atom. The third-order valence-corrected chi connectivity index (χ3v) is 8.92. The minimum absolute atomic E-state index is 0.137. The largest absolute Gasteiger partial charge is 0.444 e. The average molecular weight is 567 g/mol. The predicted molar refractivity (Wildman–Crippen MR) is 152 cm³/mol. The van der Waals surface area contributed by atoms with E-state index in [9.17, 15) is 14.0 Å². The Labute approximate surface area is 239 Å². The standard InChI is InChI=1S/C31H36ClFN4O3/c1-17-16-37(29(39)40-30(3,4)5)18(2)15-36(17)27-22-14-23(32)25(21-8-6-7-9-24(21)33)34-26(22)31(19-10-11-19,20-12-13-20)28(38)35-27/h6-9,14,17-20H,10-13,15-16H2,1-5H3/t17-,18+/m0/s1. The van der Waals surface area contributed by atoms with E-state index < -0.39 is 16.8 Å². The van der Waals surface area contributed by atoms with Crippen molar-refractivity contribution in [3.05, 3.63) is 52.4 Å². The Kier molecular flexibility index (Phi) is 6.48. The van der Waals surface area contributed by atoms with Crippen LogP contribution in [0.4, 0.5) is 9.18 Å². The first kappa shape index (κ1) is 27.2. The van der Waals surface area contributed by atoms with Gasteiger partial charge in [-0.3, -0.25) is 4.79 Å². The van der Waals surface area contributed by atoms with Crippen molar-refractivity contribution in [2.75, 3.05) is 13.1 Å². The van der Waals surface area contributed by atoms with Gasteiger partial charge < -0.3 is 14.5 Å². The third-order valence-electron chi connectivity index (χ3n) is 8.63. The number of halogens is 2. The van der Waals surface area contributed by atoms with Crippen molar-refractivity contribution in [3.8, 4) is 11.3 Å². The van der Waals surface area contributed by atoms with E-state index in [1.165, 1.54) is 6.07 Å². The summed E-state index contributed by atoms with van der Waals surface area (Å²) >= 11 is 6.83. The number of amides is 2. The van der Waals surface area contributed by atoms with Crippen molar-refractivity contribution in [2.45, 2.75) is 83.4 Å². The summed E-state index contributed by atoms with van der Waals surface area (Å²) in [5.41, 5.74) is 0.715. The molecule has 4 aliphatic rings. The number of piperazine rings is 1. The van der Waals surface area contributed by atoms with Gasteiger partial charge in [-0.15, -0.1) is 0 Å². The highest BCUT2D eigenvalue weighted by Crippen LogP contribution is 2.61. The molecule has 2 amide bonds. The fourth-order valence-corrected chi connectivity index (χ4v) is 6.78. The van der Waals surface area contributed by atoms with E-state index in [-0.39, 0.29) is 35.9 Å². The molecule has 2 aliphatic heterocycles. The predicted octanol–water partition coefficient (Wildman–Crippen LogP) is 6.22. The van der Waals surface area contributed by atoms with Gasteiger partial charge in [0.15, 0.2) is 0 Å². The summed E-state index contributed by atoms with van der Waals surface area (Å²) in [6, 6.07) is 7.98. The van der Waals surface area contributed by atoms with E-state index in [2.05, 4.69) is 4.90 Å². The minimum Gasteiger partial charge on any atom is -0.444 e. The molecule has 2 atom stereocenters. The fraction of sp³-hybridized carbons (Fsp3) is 0.548. The molecule has 9 heteroatoms. The third kappa shape index (κ3) is 4.48. The number of nitrogens with zero attached hydrogens (tertiary/aromatic N) is 4. The molecule has 2 saturated carbocycles. The molecule has 6 rings (SSSR count). The number of carbonyl (C=O) groups excluding carboxylic acids is 2. The van der Waals surface area contributed by atoms with Gasteiger partial charge in [0, 0.05) is 36.3 Å². The number of fused-ring (bicyclic) bond motifs is 1. The first-order valence-electron chi connectivity index (χ1n) is 14.3. The summed E-state index contributed by atoms with van der Waals surface area (Å²) in [6.45, 7) is 10.4. The highest BCUT2D eigenvalue weighted by molar-refractivity contribution is 6.33. The molecule has 1 aromatic heterocycles. The molecule has 212 valence electrons. The lowest BCUT2D eigenvalue weighted by molar-refractivity contribution is -0.125. The Morgan fingerprint density at radius 3 is 2.30 bits per heavy atom. The second-order valence-electron chi connectivity index (χ2n) is 12.8.